The van der Waals surface area contributed by atoms with E-state index in [2.05, 4.69) is 0 Å². The predicted molar refractivity (Wildman–Crippen MR) is 113 cm³/mol. The number of ether oxygens (including phenoxy) is 3. The lowest BCUT2D eigenvalue weighted by Crippen LogP contribution is -2.27. The summed E-state index contributed by atoms with van der Waals surface area (Å²) >= 11 is 0. The second-order valence-corrected chi connectivity index (χ2v) is 6.52. The fourth-order valence-electron chi connectivity index (χ4n) is 2.88. The lowest BCUT2D eigenvalue weighted by molar-refractivity contribution is 0.0779. The molecule has 0 aliphatic rings. The zero-order chi connectivity index (χ0) is 20.5. The fraction of sp³-hybridized carbons (Fsp3) is 0.208. The first-order chi connectivity index (χ1) is 14.2. The molecular formula is C24H25NO4. The number of methoxy groups -OCH3 is 1. The van der Waals surface area contributed by atoms with Gasteiger partial charge >= 0.3 is 0 Å². The minimum Gasteiger partial charge on any atom is -0.497 e. The zero-order valence-electron chi connectivity index (χ0n) is 16.7. The van der Waals surface area contributed by atoms with Gasteiger partial charge in [0.05, 0.1) is 12.7 Å². The molecule has 5 nitrogen and oxygen atoms in total. The van der Waals surface area contributed by atoms with Gasteiger partial charge in [-0.15, -0.1) is 0 Å². The van der Waals surface area contributed by atoms with Crippen molar-refractivity contribution < 1.29 is 19.0 Å². The third-order valence-electron chi connectivity index (χ3n) is 4.40. The van der Waals surface area contributed by atoms with Gasteiger partial charge < -0.3 is 19.1 Å². The Morgan fingerprint density at radius 1 is 0.793 bits per heavy atom. The zero-order valence-corrected chi connectivity index (χ0v) is 16.7. The number of amides is 1. The van der Waals surface area contributed by atoms with Gasteiger partial charge in [0.1, 0.15) is 30.5 Å². The number of nitrogens with zero attached hydrogens (tertiary/aromatic N) is 1. The molecule has 150 valence electrons. The Morgan fingerprint density at radius 3 is 2.17 bits per heavy atom. The number of hydrogen-bond donors (Lipinski definition) is 0. The van der Waals surface area contributed by atoms with E-state index in [4.69, 9.17) is 14.2 Å². The first kappa shape index (κ1) is 20.3. The van der Waals surface area contributed by atoms with Crippen LogP contribution in [0.1, 0.15) is 15.9 Å². The Bertz CT molecular complexity index is 910. The SMILES string of the molecule is COc1ccc(CN(C)C(=O)c2ccccc2OCCOc2ccccc2)cc1. The van der Waals surface area contributed by atoms with E-state index < -0.39 is 0 Å². The summed E-state index contributed by atoms with van der Waals surface area (Å²) in [5.74, 6) is 2.04. The van der Waals surface area contributed by atoms with Crippen molar-refractivity contribution in [3.8, 4) is 17.2 Å². The standard InChI is InChI=1S/C24H25NO4/c1-25(18-19-12-14-20(27-2)15-13-19)24(26)22-10-6-7-11-23(22)29-17-16-28-21-8-4-3-5-9-21/h3-15H,16-18H2,1-2H3. The highest BCUT2D eigenvalue weighted by Crippen LogP contribution is 2.21. The van der Waals surface area contributed by atoms with Gasteiger partial charge in [0, 0.05) is 13.6 Å². The largest absolute Gasteiger partial charge is 0.497 e. The highest BCUT2D eigenvalue weighted by Gasteiger charge is 2.17. The molecule has 0 aromatic heterocycles. The molecule has 1 amide bonds. The molecular weight excluding hydrogens is 366 g/mol. The number of hydrogen-bond acceptors (Lipinski definition) is 4. The normalized spacial score (nSPS) is 10.3. The summed E-state index contributed by atoms with van der Waals surface area (Å²) in [6.07, 6.45) is 0. The van der Waals surface area contributed by atoms with Crippen LogP contribution in [0.3, 0.4) is 0 Å². The molecule has 0 saturated carbocycles. The maximum absolute atomic E-state index is 12.9. The lowest BCUT2D eigenvalue weighted by Gasteiger charge is -2.19. The molecule has 0 bridgehead atoms. The molecule has 29 heavy (non-hydrogen) atoms. The first-order valence-corrected chi connectivity index (χ1v) is 9.45. The predicted octanol–water partition coefficient (Wildman–Crippen LogP) is 4.43. The maximum atomic E-state index is 12.9. The maximum Gasteiger partial charge on any atom is 0.257 e. The van der Waals surface area contributed by atoms with Crippen molar-refractivity contribution in [2.24, 2.45) is 0 Å². The molecule has 3 rings (SSSR count). The van der Waals surface area contributed by atoms with Crippen LogP contribution in [0.4, 0.5) is 0 Å². The van der Waals surface area contributed by atoms with Crippen LogP contribution in [-0.4, -0.2) is 38.2 Å². The second kappa shape index (κ2) is 10.2. The number of para-hydroxylation sites is 2. The van der Waals surface area contributed by atoms with E-state index >= 15 is 0 Å². The van der Waals surface area contributed by atoms with E-state index in [0.717, 1.165) is 17.1 Å². The van der Waals surface area contributed by atoms with Crippen LogP contribution in [0.25, 0.3) is 0 Å². The van der Waals surface area contributed by atoms with Gasteiger partial charge in [-0.1, -0.05) is 42.5 Å². The summed E-state index contributed by atoms with van der Waals surface area (Å²) in [5.41, 5.74) is 1.56. The van der Waals surface area contributed by atoms with Crippen LogP contribution in [0.15, 0.2) is 78.9 Å². The molecule has 0 unspecified atom stereocenters. The molecule has 0 heterocycles. The van der Waals surface area contributed by atoms with Crippen molar-refractivity contribution >= 4 is 5.91 Å². The van der Waals surface area contributed by atoms with E-state index in [1.165, 1.54) is 0 Å². The van der Waals surface area contributed by atoms with E-state index in [1.807, 2.05) is 66.7 Å². The molecule has 0 radical (unpaired) electrons. The van der Waals surface area contributed by atoms with Gasteiger partial charge in [-0.2, -0.15) is 0 Å². The highest BCUT2D eigenvalue weighted by atomic mass is 16.5. The number of carbonyl (C=O) groups is 1. The average Bonchev–Trinajstić information content (AvgIpc) is 2.77. The van der Waals surface area contributed by atoms with Crippen molar-refractivity contribution in [2.45, 2.75) is 6.54 Å². The molecule has 3 aromatic rings. The lowest BCUT2D eigenvalue weighted by atomic mass is 10.1. The quantitative estimate of drug-likeness (QED) is 0.507. The Morgan fingerprint density at radius 2 is 1.45 bits per heavy atom. The number of benzene rings is 3. The fourth-order valence-corrected chi connectivity index (χ4v) is 2.88. The minimum absolute atomic E-state index is 0.0969. The second-order valence-electron chi connectivity index (χ2n) is 6.52. The molecule has 3 aromatic carbocycles. The van der Waals surface area contributed by atoms with Crippen LogP contribution in [0.2, 0.25) is 0 Å². The van der Waals surface area contributed by atoms with Gasteiger partial charge in [-0.3, -0.25) is 4.79 Å². The molecule has 0 saturated heterocycles. The molecule has 0 N–H and O–H groups in total. The number of carbonyl (C=O) groups excluding carboxylic acids is 1. The van der Waals surface area contributed by atoms with Gasteiger partial charge in [0.15, 0.2) is 0 Å². The van der Waals surface area contributed by atoms with E-state index in [9.17, 15) is 4.79 Å². The molecule has 0 spiro atoms. The topological polar surface area (TPSA) is 48.0 Å². The minimum atomic E-state index is -0.0969. The summed E-state index contributed by atoms with van der Waals surface area (Å²) < 4.78 is 16.6. The van der Waals surface area contributed by atoms with Crippen LogP contribution in [0, 0.1) is 0 Å². The summed E-state index contributed by atoms with van der Waals surface area (Å²) in [4.78, 5) is 14.6. The summed E-state index contributed by atoms with van der Waals surface area (Å²) in [5, 5.41) is 0. The third-order valence-corrected chi connectivity index (χ3v) is 4.40. The van der Waals surface area contributed by atoms with Crippen LogP contribution < -0.4 is 14.2 Å². The van der Waals surface area contributed by atoms with Crippen LogP contribution in [0.5, 0.6) is 17.2 Å². The van der Waals surface area contributed by atoms with E-state index in [1.54, 1.807) is 31.2 Å². The first-order valence-electron chi connectivity index (χ1n) is 9.45. The average molecular weight is 391 g/mol. The molecule has 5 heteroatoms. The van der Waals surface area contributed by atoms with E-state index in [0.29, 0.717) is 31.1 Å². The summed E-state index contributed by atoms with van der Waals surface area (Å²) in [7, 11) is 3.41. The molecule has 0 aliphatic heterocycles. The highest BCUT2D eigenvalue weighted by molar-refractivity contribution is 5.96. The van der Waals surface area contributed by atoms with Crippen molar-refractivity contribution in [1.82, 2.24) is 4.90 Å². The van der Waals surface area contributed by atoms with Crippen molar-refractivity contribution in [3.05, 3.63) is 90.0 Å². The van der Waals surface area contributed by atoms with Gasteiger partial charge in [-0.25, -0.2) is 0 Å². The van der Waals surface area contributed by atoms with Crippen LogP contribution in [-0.2, 0) is 6.54 Å². The van der Waals surface area contributed by atoms with Crippen molar-refractivity contribution in [3.63, 3.8) is 0 Å². The Balaban J connectivity index is 1.58. The van der Waals surface area contributed by atoms with Gasteiger partial charge in [0.25, 0.3) is 5.91 Å². The number of rotatable bonds is 9. The monoisotopic (exact) mass is 391 g/mol. The Hall–Kier alpha value is -3.47. The van der Waals surface area contributed by atoms with Gasteiger partial charge in [0.2, 0.25) is 0 Å². The Kier molecular flexibility index (Phi) is 7.11. The van der Waals surface area contributed by atoms with Crippen molar-refractivity contribution in [1.29, 1.82) is 0 Å². The smallest absolute Gasteiger partial charge is 0.257 e. The van der Waals surface area contributed by atoms with E-state index in [-0.39, 0.29) is 5.91 Å². The summed E-state index contributed by atoms with van der Waals surface area (Å²) in [6, 6.07) is 24.5. The van der Waals surface area contributed by atoms with Crippen molar-refractivity contribution in [2.75, 3.05) is 27.4 Å². The Labute approximate surface area is 171 Å². The molecule has 0 atom stereocenters. The molecule has 0 aliphatic carbocycles. The van der Waals surface area contributed by atoms with Gasteiger partial charge in [-0.05, 0) is 42.0 Å². The third kappa shape index (κ3) is 5.75. The van der Waals surface area contributed by atoms with Crippen LogP contribution >= 0.6 is 0 Å². The summed E-state index contributed by atoms with van der Waals surface area (Å²) in [6.45, 7) is 1.24. The molecule has 0 fully saturated rings.